The topological polar surface area (TPSA) is 68.0 Å². The number of rotatable bonds is 4. The molecule has 0 unspecified atom stereocenters. The molecule has 0 spiro atoms. The summed E-state index contributed by atoms with van der Waals surface area (Å²) in [5.74, 6) is -0.246. The van der Waals surface area contributed by atoms with Crippen LogP contribution in [0, 0.1) is 5.82 Å². The van der Waals surface area contributed by atoms with E-state index < -0.39 is 17.8 Å². The molecule has 3 aromatic rings. The molecule has 1 aromatic heterocycles. The Kier molecular flexibility index (Phi) is 4.57. The second-order valence-electron chi connectivity index (χ2n) is 5.17. The Labute approximate surface area is 142 Å². The molecule has 0 fully saturated rings. The summed E-state index contributed by atoms with van der Waals surface area (Å²) in [4.78, 5) is 16.4. The molecule has 122 valence electrons. The van der Waals surface area contributed by atoms with E-state index in [1.807, 2.05) is 0 Å². The number of amides is 1. The third-order valence-electron chi connectivity index (χ3n) is 3.35. The van der Waals surface area contributed by atoms with Crippen LogP contribution in [-0.2, 0) is 0 Å². The average molecular weight is 346 g/mol. The van der Waals surface area contributed by atoms with Crippen molar-refractivity contribution in [1.82, 2.24) is 15.5 Å². The molecular formula is C17H13ClFN3O2. The molecule has 1 amide bonds. The number of halogens is 2. The van der Waals surface area contributed by atoms with Crippen molar-refractivity contribution in [2.75, 3.05) is 0 Å². The van der Waals surface area contributed by atoms with Crippen molar-refractivity contribution in [2.45, 2.75) is 13.0 Å². The Morgan fingerprint density at radius 3 is 2.71 bits per heavy atom. The van der Waals surface area contributed by atoms with Gasteiger partial charge in [-0.1, -0.05) is 22.8 Å². The highest BCUT2D eigenvalue weighted by molar-refractivity contribution is 6.30. The summed E-state index contributed by atoms with van der Waals surface area (Å²) >= 11 is 5.84. The first-order valence-electron chi connectivity index (χ1n) is 7.19. The van der Waals surface area contributed by atoms with E-state index in [-0.39, 0.29) is 11.5 Å². The standard InChI is InChI=1S/C17H13ClFN3O2/c1-10(20-16(23)12-3-2-4-14(19)9-12)17-21-15(22-24-17)11-5-7-13(18)8-6-11/h2-10H,1H3,(H,20,23)/t10-/m0/s1. The van der Waals surface area contributed by atoms with Crippen LogP contribution in [0.1, 0.15) is 29.2 Å². The lowest BCUT2D eigenvalue weighted by molar-refractivity contribution is 0.0932. The zero-order chi connectivity index (χ0) is 17.1. The van der Waals surface area contributed by atoms with Gasteiger partial charge in [0.1, 0.15) is 11.9 Å². The molecule has 7 heteroatoms. The van der Waals surface area contributed by atoms with Gasteiger partial charge in [-0.2, -0.15) is 4.98 Å². The molecule has 0 saturated heterocycles. The van der Waals surface area contributed by atoms with Gasteiger partial charge >= 0.3 is 0 Å². The van der Waals surface area contributed by atoms with Gasteiger partial charge in [0, 0.05) is 16.1 Å². The number of nitrogens with zero attached hydrogens (tertiary/aromatic N) is 2. The fraction of sp³-hybridized carbons (Fsp3) is 0.118. The maximum atomic E-state index is 13.2. The molecule has 0 aliphatic heterocycles. The monoisotopic (exact) mass is 345 g/mol. The molecule has 5 nitrogen and oxygen atoms in total. The first-order chi connectivity index (χ1) is 11.5. The zero-order valence-corrected chi connectivity index (χ0v) is 13.4. The number of carbonyl (C=O) groups excluding carboxylic acids is 1. The normalized spacial score (nSPS) is 12.0. The summed E-state index contributed by atoms with van der Waals surface area (Å²) in [5, 5.41) is 7.19. The summed E-state index contributed by atoms with van der Waals surface area (Å²) < 4.78 is 18.4. The lowest BCUT2D eigenvalue weighted by atomic mass is 10.2. The number of benzene rings is 2. The van der Waals surface area contributed by atoms with Gasteiger partial charge in [-0.3, -0.25) is 4.79 Å². The predicted octanol–water partition coefficient (Wildman–Crippen LogP) is 4.02. The minimum absolute atomic E-state index is 0.222. The lowest BCUT2D eigenvalue weighted by Gasteiger charge is -2.09. The van der Waals surface area contributed by atoms with Gasteiger partial charge in [0.15, 0.2) is 0 Å². The van der Waals surface area contributed by atoms with Gasteiger partial charge in [0.2, 0.25) is 11.7 Å². The van der Waals surface area contributed by atoms with Gasteiger partial charge in [0.25, 0.3) is 5.91 Å². The molecule has 0 bridgehead atoms. The molecule has 3 rings (SSSR count). The van der Waals surface area contributed by atoms with Gasteiger partial charge in [-0.25, -0.2) is 4.39 Å². The first-order valence-corrected chi connectivity index (χ1v) is 7.57. The van der Waals surface area contributed by atoms with Crippen molar-refractivity contribution in [2.24, 2.45) is 0 Å². The SMILES string of the molecule is C[C@H](NC(=O)c1cccc(F)c1)c1nc(-c2ccc(Cl)cc2)no1. The van der Waals surface area contributed by atoms with Crippen LogP contribution in [0.15, 0.2) is 53.1 Å². The zero-order valence-electron chi connectivity index (χ0n) is 12.7. The average Bonchev–Trinajstić information content (AvgIpc) is 3.05. The summed E-state index contributed by atoms with van der Waals surface area (Å²) in [6, 6.07) is 11.9. The van der Waals surface area contributed by atoms with E-state index in [1.165, 1.54) is 18.2 Å². The Morgan fingerprint density at radius 1 is 1.25 bits per heavy atom. The van der Waals surface area contributed by atoms with Gasteiger partial charge < -0.3 is 9.84 Å². The number of carbonyl (C=O) groups is 1. The van der Waals surface area contributed by atoms with Crippen LogP contribution in [-0.4, -0.2) is 16.0 Å². The van der Waals surface area contributed by atoms with E-state index in [4.69, 9.17) is 16.1 Å². The molecule has 24 heavy (non-hydrogen) atoms. The second-order valence-corrected chi connectivity index (χ2v) is 5.61. The van der Waals surface area contributed by atoms with Crippen molar-refractivity contribution in [3.8, 4) is 11.4 Å². The smallest absolute Gasteiger partial charge is 0.252 e. The van der Waals surface area contributed by atoms with E-state index in [9.17, 15) is 9.18 Å². The molecule has 1 heterocycles. The van der Waals surface area contributed by atoms with E-state index >= 15 is 0 Å². The molecule has 0 saturated carbocycles. The second kappa shape index (κ2) is 6.80. The largest absolute Gasteiger partial charge is 0.341 e. The molecule has 1 atom stereocenters. The van der Waals surface area contributed by atoms with Crippen LogP contribution < -0.4 is 5.32 Å². The third-order valence-corrected chi connectivity index (χ3v) is 3.60. The molecule has 0 aliphatic carbocycles. The van der Waals surface area contributed by atoms with Crippen LogP contribution in [0.3, 0.4) is 0 Å². The van der Waals surface area contributed by atoms with Crippen LogP contribution in [0.4, 0.5) is 4.39 Å². The molecule has 1 N–H and O–H groups in total. The van der Waals surface area contributed by atoms with Crippen LogP contribution in [0.5, 0.6) is 0 Å². The first kappa shape index (κ1) is 16.1. The molecule has 0 radical (unpaired) electrons. The minimum atomic E-state index is -0.519. The number of hydrogen-bond donors (Lipinski definition) is 1. The van der Waals surface area contributed by atoms with Crippen LogP contribution >= 0.6 is 11.6 Å². The Balaban J connectivity index is 1.73. The Hall–Kier alpha value is -2.73. The van der Waals surface area contributed by atoms with E-state index in [0.29, 0.717) is 10.8 Å². The van der Waals surface area contributed by atoms with E-state index in [1.54, 1.807) is 31.2 Å². The quantitative estimate of drug-likeness (QED) is 0.775. The Morgan fingerprint density at radius 2 is 2.00 bits per heavy atom. The third kappa shape index (κ3) is 3.60. The van der Waals surface area contributed by atoms with Crippen molar-refractivity contribution in [3.05, 3.63) is 70.8 Å². The number of nitrogens with one attached hydrogen (secondary N) is 1. The maximum absolute atomic E-state index is 13.2. The fourth-order valence-electron chi connectivity index (χ4n) is 2.10. The summed E-state index contributed by atoms with van der Waals surface area (Å²) in [6.07, 6.45) is 0. The van der Waals surface area contributed by atoms with Gasteiger partial charge in [0.05, 0.1) is 0 Å². The predicted molar refractivity (Wildman–Crippen MR) is 87.0 cm³/mol. The van der Waals surface area contributed by atoms with E-state index in [0.717, 1.165) is 11.6 Å². The van der Waals surface area contributed by atoms with E-state index in [2.05, 4.69) is 15.5 Å². The maximum Gasteiger partial charge on any atom is 0.252 e. The van der Waals surface area contributed by atoms with Crippen LogP contribution in [0.25, 0.3) is 11.4 Å². The highest BCUT2D eigenvalue weighted by Crippen LogP contribution is 2.20. The molecule has 2 aromatic carbocycles. The van der Waals surface area contributed by atoms with Gasteiger partial charge in [-0.15, -0.1) is 0 Å². The molecular weight excluding hydrogens is 333 g/mol. The number of aromatic nitrogens is 2. The fourth-order valence-corrected chi connectivity index (χ4v) is 2.22. The highest BCUT2D eigenvalue weighted by Gasteiger charge is 2.18. The summed E-state index contributed by atoms with van der Waals surface area (Å²) in [5.41, 5.74) is 0.970. The van der Waals surface area contributed by atoms with Gasteiger partial charge in [-0.05, 0) is 49.4 Å². The van der Waals surface area contributed by atoms with Crippen LogP contribution in [0.2, 0.25) is 5.02 Å². The Bertz CT molecular complexity index is 864. The minimum Gasteiger partial charge on any atom is -0.341 e. The van der Waals surface area contributed by atoms with Crippen molar-refractivity contribution in [1.29, 1.82) is 0 Å². The highest BCUT2D eigenvalue weighted by atomic mass is 35.5. The lowest BCUT2D eigenvalue weighted by Crippen LogP contribution is -2.26. The number of hydrogen-bond acceptors (Lipinski definition) is 4. The molecule has 0 aliphatic rings. The van der Waals surface area contributed by atoms with Crippen molar-refractivity contribution >= 4 is 17.5 Å². The van der Waals surface area contributed by atoms with Crippen molar-refractivity contribution < 1.29 is 13.7 Å². The summed E-state index contributed by atoms with van der Waals surface area (Å²) in [7, 11) is 0. The van der Waals surface area contributed by atoms with Crippen molar-refractivity contribution in [3.63, 3.8) is 0 Å². The summed E-state index contributed by atoms with van der Waals surface area (Å²) in [6.45, 7) is 1.70.